The lowest BCUT2D eigenvalue weighted by Crippen LogP contribution is -2.11. The number of aliphatic carboxylic acids is 1. The van der Waals surface area contributed by atoms with Crippen molar-refractivity contribution in [2.24, 2.45) is 5.92 Å². The summed E-state index contributed by atoms with van der Waals surface area (Å²) in [7, 11) is 0. The van der Waals surface area contributed by atoms with Crippen molar-refractivity contribution >= 4 is 11.9 Å². The van der Waals surface area contributed by atoms with Crippen molar-refractivity contribution in [1.29, 1.82) is 0 Å². The van der Waals surface area contributed by atoms with Gasteiger partial charge < -0.3 is 9.84 Å². The fraction of sp³-hybridized carbons (Fsp3) is 0.571. The molecule has 0 saturated heterocycles. The first-order valence-electron chi connectivity index (χ1n) is 5.86. The monoisotopic (exact) mass is 256 g/mol. The van der Waals surface area contributed by atoms with Gasteiger partial charge in [-0.25, -0.2) is 9.59 Å². The van der Waals surface area contributed by atoms with E-state index in [-0.39, 0.29) is 12.1 Å². The van der Waals surface area contributed by atoms with E-state index >= 15 is 0 Å². The summed E-state index contributed by atoms with van der Waals surface area (Å²) in [5.41, 5.74) is 0.869. The molecule has 0 aromatic heterocycles. The van der Waals surface area contributed by atoms with Crippen molar-refractivity contribution in [1.82, 2.24) is 0 Å². The predicted molar refractivity (Wildman–Crippen MR) is 72.3 cm³/mol. The molecule has 4 nitrogen and oxygen atoms in total. The van der Waals surface area contributed by atoms with Crippen LogP contribution in [0.1, 0.15) is 41.5 Å². The minimum absolute atomic E-state index is 0.0470. The molecule has 0 aliphatic rings. The summed E-state index contributed by atoms with van der Waals surface area (Å²) in [6.45, 7) is 14.2. The third-order valence-corrected chi connectivity index (χ3v) is 1.61. The zero-order valence-corrected chi connectivity index (χ0v) is 12.1. The number of carboxylic acid groups (broad SMARTS) is 1. The molecule has 0 atom stereocenters. The molecule has 0 aliphatic carbocycles. The zero-order valence-electron chi connectivity index (χ0n) is 12.1. The number of esters is 1. The topological polar surface area (TPSA) is 63.6 Å². The fourth-order valence-electron chi connectivity index (χ4n) is 0.886. The van der Waals surface area contributed by atoms with Crippen LogP contribution in [0.15, 0.2) is 23.8 Å². The molecule has 0 unspecified atom stereocenters. The van der Waals surface area contributed by atoms with Crippen LogP contribution in [0.5, 0.6) is 0 Å². The standard InChI is InChI=1S/2C7H12O2/c1-5(2)7(8)9-6(3)4;1-5(2)4-6(3)7(8)9/h6H,1H2,2-4H3;4-5H,1-3H3,(H,8,9). The van der Waals surface area contributed by atoms with Gasteiger partial charge in [-0.05, 0) is 33.6 Å². The van der Waals surface area contributed by atoms with Crippen LogP contribution in [0.3, 0.4) is 0 Å². The number of hydrogen-bond acceptors (Lipinski definition) is 3. The van der Waals surface area contributed by atoms with Crippen LogP contribution in [-0.2, 0) is 14.3 Å². The molecule has 18 heavy (non-hydrogen) atoms. The van der Waals surface area contributed by atoms with E-state index in [0.29, 0.717) is 17.1 Å². The lowest BCUT2D eigenvalue weighted by Gasteiger charge is -2.05. The van der Waals surface area contributed by atoms with Crippen LogP contribution >= 0.6 is 0 Å². The average Bonchev–Trinajstić information content (AvgIpc) is 2.16. The van der Waals surface area contributed by atoms with E-state index in [2.05, 4.69) is 6.58 Å². The van der Waals surface area contributed by atoms with Gasteiger partial charge in [0.05, 0.1) is 6.10 Å². The summed E-state index contributed by atoms with van der Waals surface area (Å²) in [5.74, 6) is -0.824. The Labute approximate surface area is 109 Å². The summed E-state index contributed by atoms with van der Waals surface area (Å²) in [6.07, 6.45) is 1.68. The van der Waals surface area contributed by atoms with Crippen LogP contribution in [0.25, 0.3) is 0 Å². The maximum Gasteiger partial charge on any atom is 0.333 e. The van der Waals surface area contributed by atoms with Crippen molar-refractivity contribution in [3.63, 3.8) is 0 Å². The van der Waals surface area contributed by atoms with Crippen LogP contribution in [0.2, 0.25) is 0 Å². The molecule has 1 N–H and O–H groups in total. The van der Waals surface area contributed by atoms with E-state index in [4.69, 9.17) is 9.84 Å². The highest BCUT2D eigenvalue weighted by molar-refractivity contribution is 5.87. The number of carboxylic acids is 1. The van der Waals surface area contributed by atoms with Crippen LogP contribution < -0.4 is 0 Å². The summed E-state index contributed by atoms with van der Waals surface area (Å²) in [5, 5.41) is 8.36. The first-order chi connectivity index (χ1) is 8.07. The molecule has 4 heteroatoms. The molecule has 0 amide bonds. The smallest absolute Gasteiger partial charge is 0.333 e. The van der Waals surface area contributed by atoms with Crippen molar-refractivity contribution in [3.05, 3.63) is 23.8 Å². The Hall–Kier alpha value is -1.58. The van der Waals surface area contributed by atoms with E-state index < -0.39 is 5.97 Å². The van der Waals surface area contributed by atoms with E-state index in [1.54, 1.807) is 33.8 Å². The highest BCUT2D eigenvalue weighted by Crippen LogP contribution is 2.00. The van der Waals surface area contributed by atoms with Gasteiger partial charge in [0.25, 0.3) is 0 Å². The lowest BCUT2D eigenvalue weighted by molar-refractivity contribution is -0.142. The number of rotatable bonds is 4. The Balaban J connectivity index is 0. The number of allylic oxidation sites excluding steroid dienone is 1. The number of carbonyl (C=O) groups excluding carboxylic acids is 1. The largest absolute Gasteiger partial charge is 0.478 e. The molecular weight excluding hydrogens is 232 g/mol. The van der Waals surface area contributed by atoms with Gasteiger partial charge in [-0.2, -0.15) is 0 Å². The molecule has 0 radical (unpaired) electrons. The van der Waals surface area contributed by atoms with E-state index in [1.807, 2.05) is 13.8 Å². The first kappa shape index (κ1) is 18.8. The molecule has 0 aliphatic heterocycles. The van der Waals surface area contributed by atoms with Crippen molar-refractivity contribution in [2.45, 2.75) is 47.6 Å². The molecule has 0 aromatic rings. The third kappa shape index (κ3) is 12.5. The minimum Gasteiger partial charge on any atom is -0.478 e. The second kappa shape index (κ2) is 9.45. The SMILES string of the molecule is C=C(C)C(=O)OC(C)C.CC(=CC(C)C)C(=O)O. The molecule has 0 fully saturated rings. The highest BCUT2D eigenvalue weighted by atomic mass is 16.5. The maximum atomic E-state index is 10.6. The summed E-state index contributed by atoms with van der Waals surface area (Å²) < 4.78 is 4.77. The Morgan fingerprint density at radius 1 is 1.17 bits per heavy atom. The van der Waals surface area contributed by atoms with E-state index in [0.717, 1.165) is 0 Å². The van der Waals surface area contributed by atoms with Gasteiger partial charge in [0.15, 0.2) is 0 Å². The lowest BCUT2D eigenvalue weighted by atomic mass is 10.1. The van der Waals surface area contributed by atoms with Gasteiger partial charge in [0, 0.05) is 11.1 Å². The molecule has 0 aromatic carbocycles. The van der Waals surface area contributed by atoms with Gasteiger partial charge in [-0.3, -0.25) is 0 Å². The highest BCUT2D eigenvalue weighted by Gasteiger charge is 2.03. The summed E-state index contributed by atoms with van der Waals surface area (Å²) in [6, 6.07) is 0. The number of hydrogen-bond donors (Lipinski definition) is 1. The Bertz CT molecular complexity index is 325. The van der Waals surface area contributed by atoms with Crippen molar-refractivity contribution < 1.29 is 19.4 Å². The quantitative estimate of drug-likeness (QED) is 0.619. The molecule has 0 heterocycles. The van der Waals surface area contributed by atoms with Gasteiger partial charge in [0.2, 0.25) is 0 Å². The van der Waals surface area contributed by atoms with Crippen LogP contribution in [0, 0.1) is 5.92 Å². The Morgan fingerprint density at radius 2 is 1.61 bits per heavy atom. The normalized spacial score (nSPS) is 10.8. The van der Waals surface area contributed by atoms with Gasteiger partial charge in [-0.15, -0.1) is 0 Å². The van der Waals surface area contributed by atoms with E-state index in [9.17, 15) is 9.59 Å². The summed E-state index contributed by atoms with van der Waals surface area (Å²) in [4.78, 5) is 20.8. The van der Waals surface area contributed by atoms with Gasteiger partial charge >= 0.3 is 11.9 Å². The van der Waals surface area contributed by atoms with E-state index in [1.165, 1.54) is 0 Å². The zero-order chi connectivity index (χ0) is 14.9. The number of ether oxygens (including phenoxy) is 1. The molecule has 0 spiro atoms. The first-order valence-corrected chi connectivity index (χ1v) is 5.86. The molecule has 104 valence electrons. The van der Waals surface area contributed by atoms with Gasteiger partial charge in [0.1, 0.15) is 0 Å². The molecular formula is C14H24O4. The predicted octanol–water partition coefficient (Wildman–Crippen LogP) is 3.19. The Kier molecular flexibility index (Phi) is 9.86. The van der Waals surface area contributed by atoms with Crippen LogP contribution in [-0.4, -0.2) is 23.1 Å². The number of carbonyl (C=O) groups is 2. The molecule has 0 bridgehead atoms. The Morgan fingerprint density at radius 3 is 1.72 bits per heavy atom. The van der Waals surface area contributed by atoms with Crippen LogP contribution in [0.4, 0.5) is 0 Å². The third-order valence-electron chi connectivity index (χ3n) is 1.61. The van der Waals surface area contributed by atoms with Crippen molar-refractivity contribution in [2.75, 3.05) is 0 Å². The van der Waals surface area contributed by atoms with Crippen molar-refractivity contribution in [3.8, 4) is 0 Å². The molecule has 0 saturated carbocycles. The molecule has 0 rings (SSSR count). The summed E-state index contributed by atoms with van der Waals surface area (Å²) >= 11 is 0. The minimum atomic E-state index is -0.830. The second-order valence-corrected chi connectivity index (χ2v) is 4.63. The second-order valence-electron chi connectivity index (χ2n) is 4.63. The maximum absolute atomic E-state index is 10.6. The van der Waals surface area contributed by atoms with Gasteiger partial charge in [-0.1, -0.05) is 26.5 Å². The average molecular weight is 256 g/mol. The fourth-order valence-corrected chi connectivity index (χ4v) is 0.886.